The van der Waals surface area contributed by atoms with Crippen molar-refractivity contribution in [2.24, 2.45) is 0 Å². The van der Waals surface area contributed by atoms with Crippen molar-refractivity contribution in [2.75, 3.05) is 24.2 Å². The molecule has 0 fully saturated rings. The first-order chi connectivity index (χ1) is 15.7. The molecular formula is C25H27ClN2O4S. The van der Waals surface area contributed by atoms with E-state index in [1.165, 1.54) is 11.4 Å². The van der Waals surface area contributed by atoms with Crippen LogP contribution in [-0.4, -0.2) is 34.2 Å². The van der Waals surface area contributed by atoms with Crippen LogP contribution in [0.5, 0.6) is 5.75 Å². The molecule has 0 aliphatic carbocycles. The summed E-state index contributed by atoms with van der Waals surface area (Å²) in [5, 5.41) is 3.27. The molecule has 0 bridgehead atoms. The number of nitrogens with zero attached hydrogens (tertiary/aromatic N) is 1. The van der Waals surface area contributed by atoms with Gasteiger partial charge in [-0.25, -0.2) is 8.42 Å². The van der Waals surface area contributed by atoms with E-state index in [1.54, 1.807) is 42.5 Å². The van der Waals surface area contributed by atoms with Crippen molar-refractivity contribution >= 4 is 33.2 Å². The van der Waals surface area contributed by atoms with Crippen LogP contribution in [0.1, 0.15) is 34.3 Å². The Hall–Kier alpha value is -3.03. The van der Waals surface area contributed by atoms with Crippen molar-refractivity contribution in [3.63, 3.8) is 0 Å². The van der Waals surface area contributed by atoms with E-state index in [0.29, 0.717) is 28.6 Å². The van der Waals surface area contributed by atoms with Gasteiger partial charge in [-0.3, -0.25) is 9.10 Å². The van der Waals surface area contributed by atoms with Gasteiger partial charge >= 0.3 is 0 Å². The summed E-state index contributed by atoms with van der Waals surface area (Å²) in [6.07, 6.45) is 1.14. The molecular weight excluding hydrogens is 460 g/mol. The molecule has 0 aliphatic heterocycles. The van der Waals surface area contributed by atoms with Crippen molar-refractivity contribution < 1.29 is 17.9 Å². The fraction of sp³-hybridized carbons (Fsp3) is 0.240. The summed E-state index contributed by atoms with van der Waals surface area (Å²) >= 11 is 6.18. The first-order valence-corrected chi connectivity index (χ1v) is 12.6. The third kappa shape index (κ3) is 6.49. The van der Waals surface area contributed by atoms with Gasteiger partial charge < -0.3 is 10.1 Å². The molecule has 8 heteroatoms. The molecule has 0 aliphatic rings. The average Bonchev–Trinajstić information content (AvgIpc) is 2.81. The average molecular weight is 487 g/mol. The fourth-order valence-corrected chi connectivity index (χ4v) is 4.52. The van der Waals surface area contributed by atoms with Gasteiger partial charge in [-0.15, -0.1) is 0 Å². The Bertz CT molecular complexity index is 1200. The van der Waals surface area contributed by atoms with Gasteiger partial charge in [0.1, 0.15) is 5.75 Å². The van der Waals surface area contributed by atoms with Crippen LogP contribution in [0.4, 0.5) is 5.69 Å². The highest BCUT2D eigenvalue weighted by atomic mass is 35.5. The summed E-state index contributed by atoms with van der Waals surface area (Å²) in [6.45, 7) is 2.68. The van der Waals surface area contributed by atoms with Gasteiger partial charge in [0.25, 0.3) is 5.91 Å². The number of sulfonamides is 1. The number of rotatable bonds is 9. The van der Waals surface area contributed by atoms with Crippen LogP contribution in [-0.2, 0) is 16.6 Å². The van der Waals surface area contributed by atoms with Crippen molar-refractivity contribution in [3.05, 3.63) is 94.5 Å². The van der Waals surface area contributed by atoms with Gasteiger partial charge in [0.05, 0.1) is 30.6 Å². The molecule has 0 spiro atoms. The maximum absolute atomic E-state index is 12.5. The second-order valence-electron chi connectivity index (χ2n) is 7.81. The smallest absolute Gasteiger partial charge is 0.251 e. The van der Waals surface area contributed by atoms with Crippen molar-refractivity contribution in [2.45, 2.75) is 19.4 Å². The third-order valence-corrected chi connectivity index (χ3v) is 6.74. The van der Waals surface area contributed by atoms with E-state index in [0.717, 1.165) is 17.4 Å². The number of amides is 1. The van der Waals surface area contributed by atoms with Crippen molar-refractivity contribution in [1.29, 1.82) is 0 Å². The summed E-state index contributed by atoms with van der Waals surface area (Å²) < 4.78 is 31.3. The molecule has 0 radical (unpaired) electrons. The summed E-state index contributed by atoms with van der Waals surface area (Å²) in [5.74, 6) is 0.478. The van der Waals surface area contributed by atoms with Crippen LogP contribution >= 0.6 is 11.6 Å². The molecule has 0 heterocycles. The van der Waals surface area contributed by atoms with Gasteiger partial charge in [0.15, 0.2) is 0 Å². The van der Waals surface area contributed by atoms with Gasteiger partial charge in [-0.2, -0.15) is 0 Å². The lowest BCUT2D eigenvalue weighted by Gasteiger charge is -2.23. The van der Waals surface area contributed by atoms with E-state index in [1.807, 2.05) is 30.3 Å². The van der Waals surface area contributed by atoms with E-state index >= 15 is 0 Å². The number of hydrogen-bond donors (Lipinski definition) is 1. The molecule has 6 nitrogen and oxygen atoms in total. The number of ether oxygens (including phenoxy) is 1. The first-order valence-electron chi connectivity index (χ1n) is 10.4. The molecule has 0 aromatic heterocycles. The molecule has 1 N–H and O–H groups in total. The number of hydrogen-bond acceptors (Lipinski definition) is 4. The van der Waals surface area contributed by atoms with Crippen LogP contribution in [0.25, 0.3) is 0 Å². The van der Waals surface area contributed by atoms with Gasteiger partial charge in [-0.1, -0.05) is 61.0 Å². The zero-order valence-corrected chi connectivity index (χ0v) is 20.4. The minimum atomic E-state index is -3.57. The number of benzene rings is 3. The first kappa shape index (κ1) is 24.6. The van der Waals surface area contributed by atoms with Crippen LogP contribution in [0.3, 0.4) is 0 Å². The number of carbonyl (C=O) groups is 1. The van der Waals surface area contributed by atoms with Crippen LogP contribution in [0, 0.1) is 0 Å². The molecule has 3 aromatic rings. The zero-order valence-electron chi connectivity index (χ0n) is 18.8. The third-order valence-electron chi connectivity index (χ3n) is 5.30. The molecule has 1 atom stereocenters. The summed E-state index contributed by atoms with van der Waals surface area (Å²) in [5.41, 5.74) is 2.84. The Labute approximate surface area is 200 Å². The normalized spacial score (nSPS) is 12.1. The molecule has 0 saturated heterocycles. The highest BCUT2D eigenvalue weighted by molar-refractivity contribution is 7.92. The molecule has 174 valence electrons. The van der Waals surface area contributed by atoms with Crippen LogP contribution in [0.15, 0.2) is 72.8 Å². The Balaban J connectivity index is 1.69. The zero-order chi connectivity index (χ0) is 24.0. The second kappa shape index (κ2) is 10.7. The van der Waals surface area contributed by atoms with Gasteiger partial charge in [0.2, 0.25) is 10.0 Å². The van der Waals surface area contributed by atoms with Crippen molar-refractivity contribution in [3.8, 4) is 5.75 Å². The van der Waals surface area contributed by atoms with Crippen LogP contribution < -0.4 is 14.4 Å². The highest BCUT2D eigenvalue weighted by Crippen LogP contribution is 2.31. The topological polar surface area (TPSA) is 75.7 Å². The summed E-state index contributed by atoms with van der Waals surface area (Å²) in [7, 11) is -2.07. The number of methoxy groups -OCH3 is 1. The lowest BCUT2D eigenvalue weighted by Crippen LogP contribution is -2.29. The lowest BCUT2D eigenvalue weighted by molar-refractivity contribution is 0.0951. The minimum Gasteiger partial charge on any atom is -0.495 e. The SMILES string of the molecule is COc1ccc(N(Cc2ccc(C(=O)NCC(C)c3ccccc3)cc2)S(C)(=O)=O)cc1Cl. The van der Waals surface area contributed by atoms with E-state index in [2.05, 4.69) is 12.2 Å². The molecule has 33 heavy (non-hydrogen) atoms. The highest BCUT2D eigenvalue weighted by Gasteiger charge is 2.19. The molecule has 3 rings (SSSR count). The number of halogens is 1. The predicted molar refractivity (Wildman–Crippen MR) is 133 cm³/mol. The maximum Gasteiger partial charge on any atom is 0.251 e. The Kier molecular flexibility index (Phi) is 8.00. The van der Waals surface area contributed by atoms with E-state index in [4.69, 9.17) is 16.3 Å². The fourth-order valence-electron chi connectivity index (χ4n) is 3.39. The molecule has 0 saturated carbocycles. The molecule has 1 amide bonds. The van der Waals surface area contributed by atoms with Gasteiger partial charge in [-0.05, 0) is 47.4 Å². The van der Waals surface area contributed by atoms with Crippen molar-refractivity contribution in [1.82, 2.24) is 5.32 Å². The number of carbonyl (C=O) groups excluding carboxylic acids is 1. The maximum atomic E-state index is 12.5. The van der Waals surface area contributed by atoms with E-state index in [-0.39, 0.29) is 18.4 Å². The monoisotopic (exact) mass is 486 g/mol. The summed E-state index contributed by atoms with van der Waals surface area (Å²) in [6, 6.07) is 21.7. The van der Waals surface area contributed by atoms with E-state index < -0.39 is 10.0 Å². The Morgan fingerprint density at radius 1 is 1.06 bits per heavy atom. The molecule has 1 unspecified atom stereocenters. The Morgan fingerprint density at radius 2 is 1.73 bits per heavy atom. The second-order valence-corrected chi connectivity index (χ2v) is 10.1. The standard InChI is InChI=1S/C25H27ClN2O4S/c1-18(20-7-5-4-6-8-20)16-27-25(29)21-11-9-19(10-12-21)17-28(33(3,30)31)22-13-14-24(32-2)23(26)15-22/h4-15,18H,16-17H2,1-3H3,(H,27,29). The largest absolute Gasteiger partial charge is 0.495 e. The predicted octanol–water partition coefficient (Wildman–Crippen LogP) is 4.85. The number of anilines is 1. The Morgan fingerprint density at radius 3 is 2.30 bits per heavy atom. The van der Waals surface area contributed by atoms with E-state index in [9.17, 15) is 13.2 Å². The molecule has 3 aromatic carbocycles. The minimum absolute atomic E-state index is 0.106. The lowest BCUT2D eigenvalue weighted by atomic mass is 10.0. The van der Waals surface area contributed by atoms with Gasteiger partial charge in [0, 0.05) is 12.1 Å². The quantitative estimate of drug-likeness (QED) is 0.469. The summed E-state index contributed by atoms with van der Waals surface area (Å²) in [4.78, 5) is 12.5. The van der Waals surface area contributed by atoms with Crippen LogP contribution in [0.2, 0.25) is 5.02 Å². The number of nitrogens with one attached hydrogen (secondary N) is 1.